The first-order valence-corrected chi connectivity index (χ1v) is 35.4. The summed E-state index contributed by atoms with van der Waals surface area (Å²) < 4.78 is 17.8. The van der Waals surface area contributed by atoms with Crippen LogP contribution in [-0.2, 0) is 64.0 Å². The molecule has 12 atom stereocenters. The molecular formula is C75H111N13O16. The number of benzene rings is 3. The number of amides is 13. The smallest absolute Gasteiger partial charge is 0.410 e. The minimum absolute atomic E-state index is 0.0270. The number of rotatable bonds is 41. The quantitative estimate of drug-likeness (QED) is 0.0227. The van der Waals surface area contributed by atoms with E-state index in [-0.39, 0.29) is 86.5 Å². The van der Waals surface area contributed by atoms with Crippen LogP contribution < -0.4 is 53.6 Å². The highest BCUT2D eigenvalue weighted by atomic mass is 16.6. The molecule has 1 fully saturated rings. The van der Waals surface area contributed by atoms with Crippen molar-refractivity contribution in [3.8, 4) is 0 Å². The summed E-state index contributed by atoms with van der Waals surface area (Å²) in [4.78, 5) is 166. The summed E-state index contributed by atoms with van der Waals surface area (Å²) in [5.41, 5.74) is 7.23. The lowest BCUT2D eigenvalue weighted by Crippen LogP contribution is -2.60. The third-order valence-corrected chi connectivity index (χ3v) is 18.5. The second kappa shape index (κ2) is 42.8. The molecule has 29 nitrogen and oxygen atoms in total. The first kappa shape index (κ1) is 86.7. The van der Waals surface area contributed by atoms with Crippen LogP contribution in [0.4, 0.5) is 26.7 Å². The number of nitrogens with one attached hydrogen (secondary N) is 9. The van der Waals surface area contributed by atoms with Crippen LogP contribution >= 0.6 is 0 Å². The van der Waals surface area contributed by atoms with E-state index in [9.17, 15) is 62.6 Å². The molecule has 29 heteroatoms. The molecule has 13 amide bonds. The van der Waals surface area contributed by atoms with E-state index in [1.165, 1.54) is 44.4 Å². The fourth-order valence-electron chi connectivity index (χ4n) is 12.5. The van der Waals surface area contributed by atoms with E-state index in [0.29, 0.717) is 42.6 Å². The van der Waals surface area contributed by atoms with Crippen molar-refractivity contribution in [2.75, 3.05) is 63.9 Å². The summed E-state index contributed by atoms with van der Waals surface area (Å²) in [7, 11) is 6.05. The maximum atomic E-state index is 14.8. The van der Waals surface area contributed by atoms with Gasteiger partial charge in [-0.15, -0.1) is 0 Å². The van der Waals surface area contributed by atoms with E-state index in [1.807, 2.05) is 32.0 Å². The summed E-state index contributed by atoms with van der Waals surface area (Å²) in [6.45, 7) is 25.0. The lowest BCUT2D eigenvalue weighted by atomic mass is 9.89. The first-order chi connectivity index (χ1) is 49.2. The van der Waals surface area contributed by atoms with Crippen molar-refractivity contribution < 1.29 is 76.9 Å². The van der Waals surface area contributed by atoms with E-state index in [4.69, 9.17) is 19.9 Å². The van der Waals surface area contributed by atoms with Crippen LogP contribution in [0.15, 0.2) is 98.1 Å². The molecule has 1 saturated heterocycles. The van der Waals surface area contributed by atoms with Gasteiger partial charge in [-0.2, -0.15) is 0 Å². The third kappa shape index (κ3) is 26.2. The van der Waals surface area contributed by atoms with Crippen molar-refractivity contribution >= 4 is 88.3 Å². The number of carbonyl (C=O) groups is 12. The zero-order valence-corrected chi connectivity index (χ0v) is 62.6. The van der Waals surface area contributed by atoms with E-state index >= 15 is 0 Å². The molecule has 1 heterocycles. The van der Waals surface area contributed by atoms with Gasteiger partial charge in [-0.1, -0.05) is 124 Å². The number of nitrogens with two attached hydrogens (primary N) is 1. The van der Waals surface area contributed by atoms with Crippen LogP contribution in [0.1, 0.15) is 148 Å². The number of anilines is 3. The summed E-state index contributed by atoms with van der Waals surface area (Å²) in [6, 6.07) is 12.6. The SMILES string of the molecule is C=CC(=O)Nc1cc(NC(=O)C=C)cc(C(=O)NCCCC(=O)N[C@H](C(=O)N[C@@H](CCCNC(N)=O)C(=O)Nc2ccc(COC(=O)N(C)[C@H](C(=O)N[C@H](C(=O)N(C)[C@@H]([C@H](C)CC)[C@@H](CC(=O)N3CCC[C@H]3[C@H](OC)[C@@H](C)C(=O)N[C@H](C)[C@@H](O)c3ccccc3)OC)C(C)C)C(C)C)cc2)C(C)C)c1. The van der Waals surface area contributed by atoms with Gasteiger partial charge in [0.1, 0.15) is 30.8 Å². The predicted octanol–water partition coefficient (Wildman–Crippen LogP) is 6.05. The molecule has 1 aliphatic heterocycles. The Morgan fingerprint density at radius 2 is 1.28 bits per heavy atom. The number of urea groups is 1. The number of nitrogens with zero attached hydrogens (tertiary/aromatic N) is 3. The average Bonchev–Trinajstić information content (AvgIpc) is 1.15. The molecule has 0 aliphatic carbocycles. The van der Waals surface area contributed by atoms with Crippen LogP contribution in [0, 0.1) is 29.6 Å². The average molecular weight is 1450 g/mol. The van der Waals surface area contributed by atoms with Crippen molar-refractivity contribution in [2.24, 2.45) is 35.3 Å². The molecule has 0 spiro atoms. The molecule has 3 aromatic carbocycles. The monoisotopic (exact) mass is 1450 g/mol. The number of carbonyl (C=O) groups excluding carboxylic acids is 12. The Morgan fingerprint density at radius 3 is 1.83 bits per heavy atom. The van der Waals surface area contributed by atoms with Gasteiger partial charge in [-0.3, -0.25) is 52.8 Å². The van der Waals surface area contributed by atoms with Gasteiger partial charge in [0.25, 0.3) is 5.91 Å². The number of likely N-dealkylation sites (N-methyl/N-ethyl adjacent to an activating group) is 2. The largest absolute Gasteiger partial charge is 0.445 e. The molecule has 104 heavy (non-hydrogen) atoms. The molecule has 1 aliphatic rings. The normalized spacial score (nSPS) is 15.9. The Hall–Kier alpha value is -9.74. The zero-order chi connectivity index (χ0) is 77.7. The van der Waals surface area contributed by atoms with E-state index in [1.54, 1.807) is 104 Å². The fourth-order valence-corrected chi connectivity index (χ4v) is 12.5. The summed E-state index contributed by atoms with van der Waals surface area (Å²) in [5, 5.41) is 35.3. The van der Waals surface area contributed by atoms with Gasteiger partial charge in [-0.25, -0.2) is 9.59 Å². The van der Waals surface area contributed by atoms with Gasteiger partial charge >= 0.3 is 12.1 Å². The van der Waals surface area contributed by atoms with Gasteiger partial charge in [0.05, 0.1) is 48.8 Å². The second-order valence-electron chi connectivity index (χ2n) is 27.3. The molecular weight excluding hydrogens is 1340 g/mol. The van der Waals surface area contributed by atoms with Gasteiger partial charge < -0.3 is 82.7 Å². The number of ether oxygens (including phenoxy) is 3. The number of hydrogen-bond donors (Lipinski definition) is 11. The van der Waals surface area contributed by atoms with Crippen LogP contribution in [0.5, 0.6) is 0 Å². The number of aliphatic hydroxyl groups is 1. The molecule has 0 aromatic heterocycles. The van der Waals surface area contributed by atoms with Gasteiger partial charge in [0.15, 0.2) is 0 Å². The van der Waals surface area contributed by atoms with Crippen LogP contribution in [0.25, 0.3) is 0 Å². The topological polar surface area (TPSA) is 397 Å². The van der Waals surface area contributed by atoms with E-state index in [2.05, 4.69) is 61.0 Å². The number of aliphatic hydroxyl groups excluding tert-OH is 1. The van der Waals surface area contributed by atoms with Crippen molar-refractivity contribution in [3.05, 3.63) is 115 Å². The lowest BCUT2D eigenvalue weighted by Gasteiger charge is -2.41. The standard InChI is InChI=1S/C75H111N13O16/c1-17-46(10)65(57(102-15)41-61(92)88-37-25-29-56(88)67(103-16)47(11)68(94)79-48(12)66(93)50-26-21-20-22-27-50)86(13)73(99)63(44(6)7)85-72(98)64(45(8)9)87(14)75(101)104-42-49-31-33-52(34-32-49)82-70(96)55(28-23-36-78-74(76)100)83-71(97)62(43(4)5)84-60(91)30-24-35-77-69(95)51-38-53(80-58(89)18-2)40-54(39-51)81-59(90)19-3/h18-22,26-27,31-34,38-40,43-48,55-57,62-67,93H,2-3,17,23-25,28-30,35-37,41-42H2,1,4-16H3,(H,77,95)(H,79,94)(H,80,89)(H,81,90)(H,82,96)(H,83,97)(H,84,91)(H,85,98)(H3,76,78,100)/t46-,47-,48-,55+,56+,57-,62+,63+,64+,65+,66-,67-/m1/s1. The van der Waals surface area contributed by atoms with Crippen molar-refractivity contribution in [1.82, 2.24) is 46.6 Å². The lowest BCUT2D eigenvalue weighted by molar-refractivity contribution is -0.148. The summed E-state index contributed by atoms with van der Waals surface area (Å²) >= 11 is 0. The molecule has 0 unspecified atom stereocenters. The predicted molar refractivity (Wildman–Crippen MR) is 395 cm³/mol. The summed E-state index contributed by atoms with van der Waals surface area (Å²) in [5.74, 6) is -7.36. The zero-order valence-electron chi connectivity index (χ0n) is 62.6. The maximum absolute atomic E-state index is 14.8. The Balaban J connectivity index is 1.38. The molecule has 0 saturated carbocycles. The molecule has 12 N–H and O–H groups in total. The highest BCUT2D eigenvalue weighted by Crippen LogP contribution is 2.31. The van der Waals surface area contributed by atoms with E-state index < -0.39 is 144 Å². The highest BCUT2D eigenvalue weighted by Gasteiger charge is 2.44. The molecule has 3 aromatic rings. The highest BCUT2D eigenvalue weighted by molar-refractivity contribution is 6.04. The second-order valence-corrected chi connectivity index (χ2v) is 27.3. The molecule has 0 bridgehead atoms. The van der Waals surface area contributed by atoms with Crippen LogP contribution in [0.2, 0.25) is 0 Å². The minimum atomic E-state index is -1.17. The van der Waals surface area contributed by atoms with Gasteiger partial charge in [-0.05, 0) is 116 Å². The Labute approximate surface area is 611 Å². The number of hydrogen-bond acceptors (Lipinski definition) is 16. The number of methoxy groups -OCH3 is 2. The minimum Gasteiger partial charge on any atom is -0.445 e. The Kier molecular flexibility index (Phi) is 35.6. The molecule has 4 rings (SSSR count). The van der Waals surface area contributed by atoms with Gasteiger partial charge in [0, 0.05) is 77.0 Å². The molecule has 572 valence electrons. The Bertz CT molecular complexity index is 3390. The van der Waals surface area contributed by atoms with Crippen LogP contribution in [-0.4, -0.2) is 193 Å². The van der Waals surface area contributed by atoms with Crippen molar-refractivity contribution in [3.63, 3.8) is 0 Å². The number of primary amides is 1. The van der Waals surface area contributed by atoms with Gasteiger partial charge in [0.2, 0.25) is 53.2 Å². The van der Waals surface area contributed by atoms with Crippen LogP contribution in [0.3, 0.4) is 0 Å². The fraction of sp³-hybridized carbons (Fsp3) is 0.547. The number of likely N-dealkylation sites (tertiary alicyclic amines) is 1. The molecule has 0 radical (unpaired) electrons. The maximum Gasteiger partial charge on any atom is 0.410 e. The van der Waals surface area contributed by atoms with E-state index in [0.717, 1.165) is 17.1 Å². The first-order valence-electron chi connectivity index (χ1n) is 35.4. The Morgan fingerprint density at radius 1 is 0.673 bits per heavy atom. The van der Waals surface area contributed by atoms with Crippen molar-refractivity contribution in [1.29, 1.82) is 0 Å². The summed E-state index contributed by atoms with van der Waals surface area (Å²) in [6.07, 6.45) is 0.857. The third-order valence-electron chi connectivity index (χ3n) is 18.5. The van der Waals surface area contributed by atoms with Crippen molar-refractivity contribution in [2.45, 2.75) is 188 Å².